The number of ether oxygens (including phenoxy) is 1. The zero-order valence-corrected chi connectivity index (χ0v) is 27.0. The van der Waals surface area contributed by atoms with E-state index in [9.17, 15) is 28.0 Å². The van der Waals surface area contributed by atoms with E-state index in [-0.39, 0.29) is 54.3 Å². The minimum Gasteiger partial charge on any atom is -0.444 e. The van der Waals surface area contributed by atoms with Crippen LogP contribution in [0.2, 0.25) is 0 Å². The van der Waals surface area contributed by atoms with Gasteiger partial charge in [-0.15, -0.1) is 11.3 Å². The van der Waals surface area contributed by atoms with E-state index in [1.165, 1.54) is 34.6 Å². The van der Waals surface area contributed by atoms with Crippen molar-refractivity contribution in [3.05, 3.63) is 75.0 Å². The van der Waals surface area contributed by atoms with Crippen molar-refractivity contribution in [1.29, 1.82) is 5.26 Å². The number of hydrogen-bond donors (Lipinski definition) is 0. The van der Waals surface area contributed by atoms with Gasteiger partial charge in [-0.25, -0.2) is 9.18 Å². The Kier molecular flexibility index (Phi) is 9.05. The number of alkyl halides is 3. The SMILES string of the molecule is CCn1cc(-c2c(F)cccc2[C@@H]2CN(C(=O)/C=C/[C@@H]3CC[C@@H](C)N3C(=O)OC(C)(C)C)Cc3sc(C#N)cc32)c(C(F)(F)F)n1. The second-order valence-corrected chi connectivity index (χ2v) is 13.7. The molecule has 1 aromatic carbocycles. The normalized spacial score (nSPS) is 20.2. The molecule has 2 amide bonds. The highest BCUT2D eigenvalue weighted by molar-refractivity contribution is 7.12. The maximum atomic E-state index is 15.6. The second-order valence-electron chi connectivity index (χ2n) is 12.6. The minimum absolute atomic E-state index is 0.0361. The predicted octanol–water partition coefficient (Wildman–Crippen LogP) is 7.48. The van der Waals surface area contributed by atoms with Crippen LogP contribution in [-0.4, -0.2) is 55.8 Å². The van der Waals surface area contributed by atoms with Gasteiger partial charge in [0.05, 0.1) is 12.6 Å². The number of hydrogen-bond acceptors (Lipinski definition) is 6. The number of aryl methyl sites for hydroxylation is 1. The van der Waals surface area contributed by atoms with Crippen molar-refractivity contribution in [3.8, 4) is 17.2 Å². The van der Waals surface area contributed by atoms with Crippen LogP contribution in [-0.2, 0) is 28.8 Å². The molecule has 0 aliphatic carbocycles. The number of aromatic nitrogens is 2. The predicted molar refractivity (Wildman–Crippen MR) is 164 cm³/mol. The first-order valence-electron chi connectivity index (χ1n) is 15.1. The summed E-state index contributed by atoms with van der Waals surface area (Å²) in [5, 5.41) is 13.3. The highest BCUT2D eigenvalue weighted by Gasteiger charge is 2.41. The van der Waals surface area contributed by atoms with Gasteiger partial charge >= 0.3 is 12.3 Å². The van der Waals surface area contributed by atoms with E-state index >= 15 is 4.39 Å². The Morgan fingerprint density at radius 3 is 2.59 bits per heavy atom. The average Bonchev–Trinajstić information content (AvgIpc) is 3.70. The summed E-state index contributed by atoms with van der Waals surface area (Å²) in [5.41, 5.74) is -1.59. The molecule has 0 spiro atoms. The Bertz CT molecular complexity index is 1710. The number of thiophene rings is 1. The number of rotatable bonds is 5. The van der Waals surface area contributed by atoms with Crippen LogP contribution >= 0.6 is 11.3 Å². The summed E-state index contributed by atoms with van der Waals surface area (Å²) in [6.07, 6.45) is 0.355. The van der Waals surface area contributed by atoms with Crippen molar-refractivity contribution in [2.45, 2.75) is 90.3 Å². The molecule has 46 heavy (non-hydrogen) atoms. The van der Waals surface area contributed by atoms with Crippen LogP contribution in [0.3, 0.4) is 0 Å². The van der Waals surface area contributed by atoms with Crippen LogP contribution in [0.5, 0.6) is 0 Å². The number of halogens is 4. The van der Waals surface area contributed by atoms with Crippen LogP contribution in [0.1, 0.15) is 80.0 Å². The van der Waals surface area contributed by atoms with Gasteiger partial charge in [0.15, 0.2) is 5.69 Å². The molecule has 1 fully saturated rings. The number of amides is 2. The standard InChI is InChI=1S/C33H35F4N5O3S/c1-6-41-17-25(30(39-41)33(35,36)37)29-22(8-7-9-26(29)34)24-16-40(18-27-23(24)14-21(15-38)46-27)28(43)13-12-20-11-10-19(2)42(20)31(44)45-32(3,4)5/h7-9,12-14,17,19-20,24H,6,10-11,16,18H2,1-5H3/b13-12+/t19-,20+,24+/m1/s1. The zero-order chi connectivity index (χ0) is 33.6. The molecule has 4 heterocycles. The molecule has 0 saturated carbocycles. The quantitative estimate of drug-likeness (QED) is 0.210. The molecule has 3 aromatic rings. The van der Waals surface area contributed by atoms with E-state index < -0.39 is 35.3 Å². The van der Waals surface area contributed by atoms with Crippen molar-refractivity contribution in [1.82, 2.24) is 19.6 Å². The van der Waals surface area contributed by atoms with Gasteiger partial charge in [0.1, 0.15) is 22.4 Å². The van der Waals surface area contributed by atoms with Gasteiger partial charge in [-0.3, -0.25) is 14.4 Å². The smallest absolute Gasteiger partial charge is 0.435 e. The Hall–Kier alpha value is -4.18. The summed E-state index contributed by atoms with van der Waals surface area (Å²) in [5.74, 6) is -1.95. The molecule has 0 radical (unpaired) electrons. The number of benzene rings is 1. The maximum Gasteiger partial charge on any atom is 0.435 e. The summed E-state index contributed by atoms with van der Waals surface area (Å²) >= 11 is 1.19. The van der Waals surface area contributed by atoms with Crippen molar-refractivity contribution in [3.63, 3.8) is 0 Å². The number of nitrogens with zero attached hydrogens (tertiary/aromatic N) is 5. The number of likely N-dealkylation sites (tertiary alicyclic amines) is 1. The van der Waals surface area contributed by atoms with Gasteiger partial charge in [0.2, 0.25) is 5.91 Å². The van der Waals surface area contributed by atoms with E-state index in [0.29, 0.717) is 21.7 Å². The molecule has 8 nitrogen and oxygen atoms in total. The fourth-order valence-electron chi connectivity index (χ4n) is 6.13. The Labute approximate surface area is 268 Å². The highest BCUT2D eigenvalue weighted by Crippen LogP contribution is 2.45. The summed E-state index contributed by atoms with van der Waals surface area (Å²) in [6, 6.07) is 7.42. The lowest BCUT2D eigenvalue weighted by atomic mass is 9.83. The van der Waals surface area contributed by atoms with Crippen LogP contribution < -0.4 is 0 Å². The first-order chi connectivity index (χ1) is 21.6. The third kappa shape index (κ3) is 6.67. The number of nitriles is 1. The first-order valence-corrected chi connectivity index (χ1v) is 15.9. The minimum atomic E-state index is -4.83. The zero-order valence-electron chi connectivity index (χ0n) is 26.2. The fourth-order valence-corrected chi connectivity index (χ4v) is 7.17. The molecule has 244 valence electrons. The molecular formula is C33H35F4N5O3S. The van der Waals surface area contributed by atoms with E-state index in [0.717, 1.165) is 17.2 Å². The van der Waals surface area contributed by atoms with Gasteiger partial charge in [0, 0.05) is 53.3 Å². The van der Waals surface area contributed by atoms with Crippen molar-refractivity contribution in [2.75, 3.05) is 6.54 Å². The van der Waals surface area contributed by atoms with E-state index in [2.05, 4.69) is 11.2 Å². The van der Waals surface area contributed by atoms with Gasteiger partial charge in [-0.05, 0) is 70.7 Å². The molecule has 2 aliphatic rings. The summed E-state index contributed by atoms with van der Waals surface area (Å²) < 4.78 is 64.7. The Morgan fingerprint density at radius 2 is 1.93 bits per heavy atom. The third-order valence-corrected chi connectivity index (χ3v) is 9.24. The monoisotopic (exact) mass is 657 g/mol. The van der Waals surface area contributed by atoms with Crippen LogP contribution in [0, 0.1) is 17.1 Å². The lowest BCUT2D eigenvalue weighted by Crippen LogP contribution is -2.43. The molecule has 0 N–H and O–H groups in total. The maximum absolute atomic E-state index is 15.6. The van der Waals surface area contributed by atoms with Crippen LogP contribution in [0.25, 0.3) is 11.1 Å². The Morgan fingerprint density at radius 1 is 1.20 bits per heavy atom. The van der Waals surface area contributed by atoms with Crippen molar-refractivity contribution >= 4 is 23.3 Å². The number of carbonyl (C=O) groups is 2. The molecular weight excluding hydrogens is 622 g/mol. The lowest BCUT2D eigenvalue weighted by Gasteiger charge is -2.34. The molecule has 0 unspecified atom stereocenters. The van der Waals surface area contributed by atoms with Gasteiger partial charge in [0.25, 0.3) is 0 Å². The van der Waals surface area contributed by atoms with E-state index in [1.807, 2.05) is 6.92 Å². The highest BCUT2D eigenvalue weighted by atomic mass is 32.1. The number of fused-ring (bicyclic) bond motifs is 1. The van der Waals surface area contributed by atoms with Gasteiger partial charge in [-0.2, -0.15) is 23.5 Å². The third-order valence-electron chi connectivity index (χ3n) is 8.20. The second kappa shape index (κ2) is 12.5. The molecule has 1 saturated heterocycles. The van der Waals surface area contributed by atoms with Gasteiger partial charge in [-0.1, -0.05) is 18.2 Å². The van der Waals surface area contributed by atoms with Crippen molar-refractivity contribution < 1.29 is 31.9 Å². The molecule has 2 aliphatic heterocycles. The summed E-state index contributed by atoms with van der Waals surface area (Å²) in [7, 11) is 0. The molecule has 13 heteroatoms. The molecule has 2 aromatic heterocycles. The fraction of sp³-hybridized carbons (Fsp3) is 0.455. The Balaban J connectivity index is 1.51. The largest absolute Gasteiger partial charge is 0.444 e. The topological polar surface area (TPSA) is 91.5 Å². The van der Waals surface area contributed by atoms with Crippen LogP contribution in [0.4, 0.5) is 22.4 Å². The molecule has 3 atom stereocenters. The van der Waals surface area contributed by atoms with E-state index in [1.54, 1.807) is 50.8 Å². The number of carbonyl (C=O) groups excluding carboxylic acids is 2. The summed E-state index contributed by atoms with van der Waals surface area (Å²) in [4.78, 5) is 30.8. The van der Waals surface area contributed by atoms with E-state index in [4.69, 9.17) is 4.74 Å². The lowest BCUT2D eigenvalue weighted by molar-refractivity contribution is -0.141. The van der Waals surface area contributed by atoms with Crippen molar-refractivity contribution in [2.24, 2.45) is 0 Å². The van der Waals surface area contributed by atoms with Crippen LogP contribution in [0.15, 0.2) is 42.6 Å². The first kappa shape index (κ1) is 33.2. The summed E-state index contributed by atoms with van der Waals surface area (Å²) in [6.45, 7) is 9.27. The average molecular weight is 658 g/mol. The van der Waals surface area contributed by atoms with Gasteiger partial charge < -0.3 is 9.64 Å². The molecule has 0 bridgehead atoms. The molecule has 5 rings (SSSR count).